The number of methoxy groups -OCH3 is 2. The Morgan fingerprint density at radius 2 is 0.879 bits per heavy atom. The molecule has 0 atom stereocenters. The molecule has 1 saturated heterocycles. The van der Waals surface area contributed by atoms with Crippen molar-refractivity contribution in [1.29, 1.82) is 0 Å². The van der Waals surface area contributed by atoms with Crippen molar-refractivity contribution in [2.45, 2.75) is 85.2 Å². The maximum absolute atomic E-state index is 15.1. The number of hydrogen-bond donors (Lipinski definition) is 0. The summed E-state index contributed by atoms with van der Waals surface area (Å²) < 4.78 is 103. The predicted molar refractivity (Wildman–Crippen MR) is 359 cm³/mol. The van der Waals surface area contributed by atoms with E-state index in [9.17, 15) is 4.39 Å². The Bertz CT molecular complexity index is 3360. The average Bonchev–Trinajstić information content (AvgIpc) is 1.87. The zero-order valence-electron chi connectivity index (χ0n) is 53.7. The molecule has 8 aromatic carbocycles. The van der Waals surface area contributed by atoms with Crippen LogP contribution in [0.1, 0.15) is 70.6 Å². The Morgan fingerprint density at radius 1 is 0.418 bits per heavy atom. The lowest BCUT2D eigenvalue weighted by atomic mass is 9.79. The fourth-order valence-electron chi connectivity index (χ4n) is 8.93. The van der Waals surface area contributed by atoms with Gasteiger partial charge in [0.05, 0.1) is 83.9 Å². The molecule has 1 fully saturated rings. The monoisotopic (exact) mass is 1310 g/mol. The number of halogens is 3. The molecule has 0 aliphatic carbocycles. The van der Waals surface area contributed by atoms with Gasteiger partial charge < -0.3 is 61.4 Å². The summed E-state index contributed by atoms with van der Waals surface area (Å²) in [5.41, 5.74) is 9.03. The molecular weight excluding hydrogens is 1230 g/mol. The molecule has 1 aliphatic rings. The van der Waals surface area contributed by atoms with Crippen molar-refractivity contribution in [2.24, 2.45) is 0 Å². The Morgan fingerprint density at radius 3 is 1.35 bits per heavy atom. The second-order valence-electron chi connectivity index (χ2n) is 22.4. The highest BCUT2D eigenvalue weighted by atomic mass is 79.9. The first kappa shape index (κ1) is 71.3. The molecule has 0 unspecified atom stereocenters. The number of rotatable bonds is 33. The SMILES string of the molecule is CCCOc1ccc(-c2cc(OCOCCOC)cc(-c3ccc(OCCCOCc4ccccc4)c(F)c3)c2)cc1.COCCOCOc1cc(Br)cc(-c2ccc(OCCCOCc3ccccc3)c(F)c2)c1.Cc1ccc(B2OC(C)(C)C(C)(C)O2)cc1. The minimum atomic E-state index is -0.425. The van der Waals surface area contributed by atoms with Gasteiger partial charge in [0.25, 0.3) is 0 Å². The van der Waals surface area contributed by atoms with Gasteiger partial charge in [-0.25, -0.2) is 8.78 Å². The Balaban J connectivity index is 0.000000212. The third kappa shape index (κ3) is 24.1. The van der Waals surface area contributed by atoms with Crippen molar-refractivity contribution in [3.8, 4) is 62.1 Å². The zero-order valence-corrected chi connectivity index (χ0v) is 55.2. The first-order chi connectivity index (χ1) is 44.1. The van der Waals surface area contributed by atoms with Crippen molar-refractivity contribution in [3.05, 3.63) is 215 Å². The van der Waals surface area contributed by atoms with Crippen LogP contribution in [0, 0.1) is 18.6 Å². The maximum atomic E-state index is 15.1. The minimum Gasteiger partial charge on any atom is -0.494 e. The van der Waals surface area contributed by atoms with Crippen LogP contribution in [0.2, 0.25) is 0 Å². The average molecular weight is 1310 g/mol. The van der Waals surface area contributed by atoms with Crippen LogP contribution in [0.25, 0.3) is 33.4 Å². The highest BCUT2D eigenvalue weighted by Gasteiger charge is 2.51. The molecule has 13 nitrogen and oxygen atoms in total. The van der Waals surface area contributed by atoms with Crippen LogP contribution in [-0.2, 0) is 50.9 Å². The molecule has 1 aliphatic heterocycles. The normalized spacial score (nSPS) is 12.9. The lowest BCUT2D eigenvalue weighted by Crippen LogP contribution is -2.41. The number of hydrogen-bond acceptors (Lipinski definition) is 13. The maximum Gasteiger partial charge on any atom is 0.494 e. The summed E-state index contributed by atoms with van der Waals surface area (Å²) in [6, 6.07) is 57.5. The smallest absolute Gasteiger partial charge is 0.494 e. The van der Waals surface area contributed by atoms with Crippen LogP contribution in [0.15, 0.2) is 186 Å². The number of ether oxygens (including phenoxy) is 11. The molecular formula is C74H86BBrF2O13. The predicted octanol–water partition coefficient (Wildman–Crippen LogP) is 16.5. The molecule has 9 rings (SSSR count). The van der Waals surface area contributed by atoms with E-state index in [-0.39, 0.29) is 43.4 Å². The van der Waals surface area contributed by atoms with Gasteiger partial charge in [-0.1, -0.05) is 138 Å². The van der Waals surface area contributed by atoms with E-state index in [0.717, 1.165) is 61.1 Å². The van der Waals surface area contributed by atoms with E-state index in [2.05, 4.69) is 81.7 Å². The summed E-state index contributed by atoms with van der Waals surface area (Å²) >= 11 is 3.48. The van der Waals surface area contributed by atoms with Crippen LogP contribution >= 0.6 is 15.9 Å². The standard InChI is InChI=1S/C35H39FO6.C26H28BrFO5.C13H19BO2/c1-3-16-40-32-13-10-28(11-14-32)30-21-31(23-33(22-30)42-26-39-20-19-37-2)29-12-15-35(34(36)24-29)41-18-7-17-38-25-27-8-5-4-6-9-27;1-29-12-13-31-19-33-24-15-22(14-23(27)17-24)21-8-9-26(25(28)16-21)32-11-5-10-30-18-20-6-3-2-4-7-20;1-10-6-8-11(9-7-10)14-15-12(2,3)13(4,5)16-14/h4-6,8-15,21-24H,3,7,16-20,25-26H2,1-2H3;2-4,6-9,14-17H,5,10-13,18-19H2,1H3;6-9H,1-5H3. The quantitative estimate of drug-likeness (QED) is 0.0221. The van der Waals surface area contributed by atoms with Gasteiger partial charge >= 0.3 is 7.12 Å². The molecule has 0 bridgehead atoms. The highest BCUT2D eigenvalue weighted by Crippen LogP contribution is 2.38. The molecule has 0 saturated carbocycles. The number of benzene rings is 8. The van der Waals surface area contributed by atoms with Gasteiger partial charge in [-0.2, -0.15) is 0 Å². The van der Waals surface area contributed by atoms with Crippen LogP contribution in [-0.4, -0.2) is 106 Å². The van der Waals surface area contributed by atoms with Gasteiger partial charge in [-0.15, -0.1) is 0 Å². The zero-order chi connectivity index (χ0) is 64.7. The van der Waals surface area contributed by atoms with Gasteiger partial charge in [0.1, 0.15) is 17.2 Å². The highest BCUT2D eigenvalue weighted by molar-refractivity contribution is 9.10. The molecule has 0 N–H and O–H groups in total. The lowest BCUT2D eigenvalue weighted by molar-refractivity contribution is -0.00855. The van der Waals surface area contributed by atoms with Crippen molar-refractivity contribution >= 4 is 28.5 Å². The van der Waals surface area contributed by atoms with Crippen LogP contribution < -0.4 is 29.1 Å². The summed E-state index contributed by atoms with van der Waals surface area (Å²) in [7, 11) is 2.99. The third-order valence-electron chi connectivity index (χ3n) is 14.7. The summed E-state index contributed by atoms with van der Waals surface area (Å²) in [6.07, 6.45) is 2.28. The van der Waals surface area contributed by atoms with Gasteiger partial charge in [0.15, 0.2) is 36.7 Å². The summed E-state index contributed by atoms with van der Waals surface area (Å²) in [4.78, 5) is 0. The molecule has 0 aromatic heterocycles. The van der Waals surface area contributed by atoms with Crippen molar-refractivity contribution in [1.82, 2.24) is 0 Å². The van der Waals surface area contributed by atoms with E-state index in [1.807, 2.05) is 133 Å². The summed E-state index contributed by atoms with van der Waals surface area (Å²) in [5.74, 6) is 1.65. The van der Waals surface area contributed by atoms with E-state index in [1.54, 1.807) is 26.4 Å². The van der Waals surface area contributed by atoms with Gasteiger partial charge in [0.2, 0.25) is 0 Å². The van der Waals surface area contributed by atoms with E-state index >= 15 is 4.39 Å². The Labute approximate surface area is 545 Å². The minimum absolute atomic E-state index is 0.0756. The van der Waals surface area contributed by atoms with Gasteiger partial charge in [-0.05, 0) is 164 Å². The van der Waals surface area contributed by atoms with Gasteiger partial charge in [0, 0.05) is 31.5 Å². The molecule has 0 amide bonds. The van der Waals surface area contributed by atoms with Gasteiger partial charge in [-0.3, -0.25) is 0 Å². The van der Waals surface area contributed by atoms with Crippen molar-refractivity contribution in [2.75, 3.05) is 87.3 Å². The molecule has 91 heavy (non-hydrogen) atoms. The molecule has 0 spiro atoms. The molecule has 1 heterocycles. The van der Waals surface area contributed by atoms with Crippen LogP contribution in [0.4, 0.5) is 8.78 Å². The van der Waals surface area contributed by atoms with E-state index in [1.165, 1.54) is 17.7 Å². The third-order valence-corrected chi connectivity index (χ3v) is 15.1. The van der Waals surface area contributed by atoms with E-state index in [0.29, 0.717) is 103 Å². The lowest BCUT2D eigenvalue weighted by Gasteiger charge is -2.32. The van der Waals surface area contributed by atoms with Crippen LogP contribution in [0.5, 0.6) is 28.7 Å². The fraction of sp³-hybridized carbons (Fsp3) is 0.351. The molecule has 0 radical (unpaired) electrons. The second-order valence-corrected chi connectivity index (χ2v) is 23.3. The van der Waals surface area contributed by atoms with Crippen molar-refractivity contribution in [3.63, 3.8) is 0 Å². The van der Waals surface area contributed by atoms with E-state index < -0.39 is 11.6 Å². The van der Waals surface area contributed by atoms with Crippen LogP contribution in [0.3, 0.4) is 0 Å². The second kappa shape index (κ2) is 38.0. The van der Waals surface area contributed by atoms with Crippen molar-refractivity contribution < 1.29 is 70.2 Å². The summed E-state index contributed by atoms with van der Waals surface area (Å²) in [6.45, 7) is 18.1. The summed E-state index contributed by atoms with van der Waals surface area (Å²) in [5, 5.41) is 0. The molecule has 484 valence electrons. The van der Waals surface area contributed by atoms with E-state index in [4.69, 9.17) is 61.4 Å². The Kier molecular flexibility index (Phi) is 29.8. The molecule has 8 aromatic rings. The molecule has 17 heteroatoms. The largest absolute Gasteiger partial charge is 0.494 e. The Hall–Kier alpha value is -7.16. The fourth-order valence-corrected chi connectivity index (χ4v) is 9.40. The first-order valence-electron chi connectivity index (χ1n) is 30.7. The topological polar surface area (TPSA) is 120 Å². The first-order valence-corrected chi connectivity index (χ1v) is 31.5. The number of aryl methyl sites for hydroxylation is 1.